The molecule has 2 atom stereocenters. The van der Waals surface area contributed by atoms with Crippen LogP contribution in [-0.4, -0.2) is 25.4 Å². The summed E-state index contributed by atoms with van der Waals surface area (Å²) < 4.78 is 40.7. The second kappa shape index (κ2) is 6.84. The molecule has 0 aliphatic carbocycles. The van der Waals surface area contributed by atoms with E-state index in [2.05, 4.69) is 8.62 Å². The predicted molar refractivity (Wildman–Crippen MR) is 74.0 cm³/mol. The van der Waals surface area contributed by atoms with Crippen LogP contribution in [0.2, 0.25) is 0 Å². The molecule has 1 aromatic rings. The van der Waals surface area contributed by atoms with Crippen LogP contribution in [0.3, 0.4) is 0 Å². The molecule has 1 rings (SSSR count). The van der Waals surface area contributed by atoms with Crippen LogP contribution < -0.4 is 0 Å². The van der Waals surface area contributed by atoms with Gasteiger partial charge in [0.2, 0.25) is 0 Å². The third-order valence-electron chi connectivity index (χ3n) is 2.18. The molecule has 10 nitrogen and oxygen atoms in total. The van der Waals surface area contributed by atoms with E-state index in [9.17, 15) is 23.4 Å². The van der Waals surface area contributed by atoms with Crippen LogP contribution in [0.4, 0.5) is 0 Å². The molecule has 0 aromatic heterocycles. The number of phosphoric acid groups is 2. The topological polar surface area (TPSA) is 168 Å². The summed E-state index contributed by atoms with van der Waals surface area (Å²) in [5, 5.41) is 0. The molecule has 22 heavy (non-hydrogen) atoms. The summed E-state index contributed by atoms with van der Waals surface area (Å²) in [7, 11) is -15.5. The van der Waals surface area contributed by atoms with Gasteiger partial charge >= 0.3 is 23.2 Å². The first-order chi connectivity index (χ1) is 9.80. The molecular weight excluding hydrogens is 361 g/mol. The van der Waals surface area contributed by atoms with Crippen molar-refractivity contribution >= 4 is 29.0 Å². The molecule has 0 heterocycles. The number of rotatable bonds is 7. The molecule has 1 aromatic carbocycles. The Balaban J connectivity index is 2.83. The van der Waals surface area contributed by atoms with Crippen molar-refractivity contribution in [3.05, 3.63) is 35.4 Å². The van der Waals surface area contributed by atoms with Gasteiger partial charge in [-0.05, 0) is 12.5 Å². The number of hydrogen-bond acceptors (Lipinski definition) is 6. The quantitative estimate of drug-likeness (QED) is 0.408. The average Bonchev–Trinajstić information content (AvgIpc) is 2.23. The van der Waals surface area contributed by atoms with Crippen molar-refractivity contribution in [3.8, 4) is 0 Å². The van der Waals surface area contributed by atoms with Crippen LogP contribution in [-0.2, 0) is 28.5 Å². The van der Waals surface area contributed by atoms with Crippen molar-refractivity contribution in [1.82, 2.24) is 0 Å². The molecule has 0 spiro atoms. The molecule has 4 N–H and O–H groups in total. The summed E-state index contributed by atoms with van der Waals surface area (Å²) in [6, 6.07) is 5.41. The fraction of sp³-hybridized carbons (Fsp3) is 0.222. The maximum absolute atomic E-state index is 11.7. The first kappa shape index (κ1) is 19.4. The summed E-state index contributed by atoms with van der Waals surface area (Å²) in [6.45, 7) is 1.33. The molecule has 0 saturated heterocycles. The Hall–Kier alpha value is -0.660. The smallest absolute Gasteiger partial charge is 0.324 e. The molecule has 124 valence electrons. The van der Waals surface area contributed by atoms with Crippen LogP contribution in [0.1, 0.15) is 22.8 Å². The van der Waals surface area contributed by atoms with Crippen LogP contribution in [0, 0.1) is 0 Å². The van der Waals surface area contributed by atoms with Gasteiger partial charge in [-0.25, -0.2) is 13.4 Å². The molecule has 0 aliphatic heterocycles. The molecule has 0 saturated carbocycles. The third-order valence-corrected chi connectivity index (χ3v) is 6.47. The molecule has 2 unspecified atom stereocenters. The van der Waals surface area contributed by atoms with Gasteiger partial charge in [-0.15, -0.1) is 0 Å². The Morgan fingerprint density at radius 1 is 1.00 bits per heavy atom. The Morgan fingerprint density at radius 2 is 1.50 bits per heavy atom. The van der Waals surface area contributed by atoms with Gasteiger partial charge in [0.15, 0.2) is 5.78 Å². The van der Waals surface area contributed by atoms with E-state index in [0.717, 1.165) is 0 Å². The Kier molecular flexibility index (Phi) is 6.03. The van der Waals surface area contributed by atoms with Crippen molar-refractivity contribution in [1.29, 1.82) is 0 Å². The maximum atomic E-state index is 11.7. The van der Waals surface area contributed by atoms with Gasteiger partial charge in [-0.1, -0.05) is 24.3 Å². The number of benzene rings is 1. The number of Topliss-reactive ketones (excluding diaryl/α,β-unsaturated/α-hetero) is 1. The molecule has 0 radical (unpaired) electrons. The summed E-state index contributed by atoms with van der Waals surface area (Å²) in [4.78, 5) is 46.4. The fourth-order valence-electron chi connectivity index (χ4n) is 1.41. The first-order valence-electron chi connectivity index (χ1n) is 5.52. The summed E-state index contributed by atoms with van der Waals surface area (Å²) >= 11 is 0. The number of hydrogen-bond donors (Lipinski definition) is 4. The summed E-state index contributed by atoms with van der Waals surface area (Å²) in [6.07, 6.45) is -0.722. The number of ketones is 1. The molecule has 0 aliphatic rings. The molecule has 0 bridgehead atoms. The summed E-state index contributed by atoms with van der Waals surface area (Å²) in [5.74, 6) is -0.218. The second-order valence-electron chi connectivity index (χ2n) is 4.17. The molecule has 0 fully saturated rings. The maximum Gasteiger partial charge on any atom is 0.488 e. The minimum Gasteiger partial charge on any atom is -0.324 e. The van der Waals surface area contributed by atoms with Crippen LogP contribution in [0.25, 0.3) is 0 Å². The normalized spacial score (nSPS) is 17.5. The van der Waals surface area contributed by atoms with E-state index in [1.165, 1.54) is 31.2 Å². The average molecular weight is 374 g/mol. The SMILES string of the molecule is CC(=O)c1ccc(CP(=O)(O)OP(=O)(O)OP(=O)(O)O)cc1. The number of carbonyl (C=O) groups is 1. The van der Waals surface area contributed by atoms with Gasteiger partial charge in [-0.3, -0.25) is 9.36 Å². The molecule has 0 amide bonds. The van der Waals surface area contributed by atoms with Crippen molar-refractivity contribution in [2.75, 3.05) is 0 Å². The fourth-order valence-corrected chi connectivity index (χ4v) is 5.07. The Labute approximate surface area is 125 Å². The van der Waals surface area contributed by atoms with E-state index in [4.69, 9.17) is 14.7 Å². The van der Waals surface area contributed by atoms with Crippen LogP contribution in [0.15, 0.2) is 24.3 Å². The first-order valence-corrected chi connectivity index (χ1v) is 10.3. The van der Waals surface area contributed by atoms with E-state index in [1.54, 1.807) is 0 Å². The van der Waals surface area contributed by atoms with Crippen molar-refractivity contribution < 1.29 is 46.7 Å². The minimum absolute atomic E-state index is 0.201. The van der Waals surface area contributed by atoms with Gasteiger partial charge in [0, 0.05) is 5.56 Å². The van der Waals surface area contributed by atoms with Gasteiger partial charge in [0.25, 0.3) is 0 Å². The lowest BCUT2D eigenvalue weighted by atomic mass is 10.1. The van der Waals surface area contributed by atoms with Crippen LogP contribution in [0.5, 0.6) is 0 Å². The van der Waals surface area contributed by atoms with E-state index >= 15 is 0 Å². The van der Waals surface area contributed by atoms with Crippen LogP contribution >= 0.6 is 23.2 Å². The highest BCUT2D eigenvalue weighted by atomic mass is 31.3. The van der Waals surface area contributed by atoms with Crippen molar-refractivity contribution in [2.45, 2.75) is 13.1 Å². The number of carbonyl (C=O) groups excluding carboxylic acids is 1. The second-order valence-corrected chi connectivity index (χ2v) is 8.99. The summed E-state index contributed by atoms with van der Waals surface area (Å²) in [5.41, 5.74) is 0.558. The van der Waals surface area contributed by atoms with Gasteiger partial charge in [0.1, 0.15) is 0 Å². The van der Waals surface area contributed by atoms with E-state index in [-0.39, 0.29) is 11.3 Å². The van der Waals surface area contributed by atoms with Crippen molar-refractivity contribution in [3.63, 3.8) is 0 Å². The molecular formula is C9H13O10P3. The predicted octanol–water partition coefficient (Wildman–Crippen LogP) is 1.80. The largest absolute Gasteiger partial charge is 0.488 e. The molecule has 13 heteroatoms. The van der Waals surface area contributed by atoms with Crippen molar-refractivity contribution in [2.24, 2.45) is 0 Å². The lowest BCUT2D eigenvalue weighted by molar-refractivity contribution is 0.101. The van der Waals surface area contributed by atoms with Gasteiger partial charge < -0.3 is 19.6 Å². The van der Waals surface area contributed by atoms with Gasteiger partial charge in [-0.2, -0.15) is 4.31 Å². The highest BCUT2D eigenvalue weighted by molar-refractivity contribution is 7.67. The van der Waals surface area contributed by atoms with E-state index < -0.39 is 29.4 Å². The van der Waals surface area contributed by atoms with E-state index in [1.807, 2.05) is 0 Å². The highest BCUT2D eigenvalue weighted by Crippen LogP contribution is 2.66. The zero-order valence-corrected chi connectivity index (χ0v) is 13.8. The monoisotopic (exact) mass is 374 g/mol. The Morgan fingerprint density at radius 3 is 1.91 bits per heavy atom. The standard InChI is InChI=1S/C9H13O10P3/c1-7(10)9-4-2-8(3-5-9)6-20(11,12)18-22(16,17)19-21(13,14)15/h2-5H,6H2,1H3,(H,11,12)(H,16,17)(H2,13,14,15). The highest BCUT2D eigenvalue weighted by Gasteiger charge is 2.39. The zero-order chi connectivity index (χ0) is 17.2. The van der Waals surface area contributed by atoms with E-state index in [0.29, 0.717) is 5.56 Å². The minimum atomic E-state index is -5.43. The third kappa shape index (κ3) is 7.07. The van der Waals surface area contributed by atoms with Gasteiger partial charge in [0.05, 0.1) is 6.16 Å². The Bertz CT molecular complexity index is 690. The lowest BCUT2D eigenvalue weighted by Crippen LogP contribution is -1.97. The lowest BCUT2D eigenvalue weighted by Gasteiger charge is -2.16. The zero-order valence-electron chi connectivity index (χ0n) is 11.1.